The van der Waals surface area contributed by atoms with Crippen LogP contribution in [0.15, 0.2) is 91.3 Å². The maximum atomic E-state index is 13.1. The zero-order chi connectivity index (χ0) is 43.8. The number of benzene rings is 3. The Hall–Kier alpha value is -6.34. The molecular weight excluding hydrogens is 811 g/mol. The molecule has 10 rings (SSSR count). The van der Waals surface area contributed by atoms with E-state index in [1.165, 1.54) is 9.75 Å². The van der Waals surface area contributed by atoms with Crippen molar-refractivity contribution in [3.63, 3.8) is 0 Å². The molecule has 4 aromatic heterocycles. The molecule has 2 N–H and O–H groups in total. The number of imidazole rings is 2. The van der Waals surface area contributed by atoms with E-state index in [0.29, 0.717) is 13.1 Å². The van der Waals surface area contributed by atoms with Gasteiger partial charge < -0.3 is 28.7 Å². The van der Waals surface area contributed by atoms with Crippen LogP contribution in [0.25, 0.3) is 55.1 Å². The maximum absolute atomic E-state index is 13.1. The number of rotatable bonds is 6. The SMILES string of the molecule is Cc1ccc(-c2cccc(C3Oc4cc(-c5cnc(C6CCCN6C(=O)OC(C)(C)C)[nH]5)ccc4-c4cc5cc(-c6cnc([C@@H]7CCCN7C(=O)OC(C)(C)C)[nH]6)ccc5n43)c2)s1. The van der Waals surface area contributed by atoms with Crippen molar-refractivity contribution in [3.05, 3.63) is 113 Å². The molecule has 3 aromatic carbocycles. The molecule has 7 aromatic rings. The lowest BCUT2D eigenvalue weighted by molar-refractivity contribution is 0.0208. The zero-order valence-electron chi connectivity index (χ0n) is 36.8. The van der Waals surface area contributed by atoms with Gasteiger partial charge in [0.2, 0.25) is 6.23 Å². The lowest BCUT2D eigenvalue weighted by atomic mass is 10.0. The number of fused-ring (bicyclic) bond motifs is 5. The summed E-state index contributed by atoms with van der Waals surface area (Å²) in [6.07, 6.45) is 6.03. The minimum atomic E-state index is -0.578. The summed E-state index contributed by atoms with van der Waals surface area (Å²) in [4.78, 5) is 49.0. The number of nitrogens with one attached hydrogen (secondary N) is 2. The van der Waals surface area contributed by atoms with Crippen LogP contribution in [0.1, 0.15) is 108 Å². The third-order valence-corrected chi connectivity index (χ3v) is 13.0. The van der Waals surface area contributed by atoms with Crippen molar-refractivity contribution in [1.82, 2.24) is 34.3 Å². The van der Waals surface area contributed by atoms with E-state index in [2.05, 4.69) is 100 Å². The van der Waals surface area contributed by atoms with Crippen LogP contribution in [0.5, 0.6) is 5.75 Å². The van der Waals surface area contributed by atoms with Crippen LogP contribution in [0.2, 0.25) is 0 Å². The Morgan fingerprint density at radius 3 is 1.95 bits per heavy atom. The summed E-state index contributed by atoms with van der Waals surface area (Å²) in [7, 11) is 0. The average Bonchev–Trinajstić information content (AvgIpc) is 4.10. The molecule has 12 nitrogen and oxygen atoms in total. The van der Waals surface area contributed by atoms with E-state index < -0.39 is 17.4 Å². The molecule has 2 unspecified atom stereocenters. The third kappa shape index (κ3) is 7.87. The van der Waals surface area contributed by atoms with E-state index in [1.807, 2.05) is 53.9 Å². The molecule has 2 amide bonds. The Kier molecular flexibility index (Phi) is 10.0. The summed E-state index contributed by atoms with van der Waals surface area (Å²) in [5.74, 6) is 2.27. The Morgan fingerprint density at radius 2 is 1.35 bits per heavy atom. The molecule has 0 aliphatic carbocycles. The highest BCUT2D eigenvalue weighted by Crippen LogP contribution is 2.47. The van der Waals surface area contributed by atoms with Gasteiger partial charge in [-0.1, -0.05) is 30.3 Å². The van der Waals surface area contributed by atoms with Gasteiger partial charge in [0.1, 0.15) is 28.6 Å². The number of thiophene rings is 1. The molecule has 3 aliphatic rings. The number of hydrogen-bond acceptors (Lipinski definition) is 8. The van der Waals surface area contributed by atoms with Crippen LogP contribution in [0.3, 0.4) is 0 Å². The number of H-pyrrole nitrogens is 2. The number of likely N-dealkylation sites (tertiary alicyclic amines) is 2. The molecule has 3 aliphatic heterocycles. The van der Waals surface area contributed by atoms with Crippen molar-refractivity contribution in [2.45, 2.75) is 104 Å². The summed E-state index contributed by atoms with van der Waals surface area (Å²) < 4.78 is 20.9. The van der Waals surface area contributed by atoms with E-state index in [9.17, 15) is 9.59 Å². The average molecular weight is 864 g/mol. The molecule has 0 spiro atoms. The molecule has 324 valence electrons. The van der Waals surface area contributed by atoms with Gasteiger partial charge in [0.05, 0.1) is 47.1 Å². The van der Waals surface area contributed by atoms with Gasteiger partial charge in [0, 0.05) is 50.5 Å². The van der Waals surface area contributed by atoms with Gasteiger partial charge in [-0.3, -0.25) is 9.80 Å². The summed E-state index contributed by atoms with van der Waals surface area (Å²) in [5, 5.41) is 1.06. The fourth-order valence-corrected chi connectivity index (χ4v) is 10.0. The van der Waals surface area contributed by atoms with Crippen LogP contribution in [0.4, 0.5) is 9.59 Å². The van der Waals surface area contributed by atoms with E-state index in [-0.39, 0.29) is 24.3 Å². The first-order valence-corrected chi connectivity index (χ1v) is 22.7. The molecule has 3 atom stereocenters. The molecule has 0 radical (unpaired) electrons. The lowest BCUT2D eigenvalue weighted by Crippen LogP contribution is -2.36. The molecule has 2 saturated heterocycles. The van der Waals surface area contributed by atoms with Gasteiger partial charge in [-0.05, 0) is 128 Å². The van der Waals surface area contributed by atoms with Crippen LogP contribution in [0, 0.1) is 6.92 Å². The van der Waals surface area contributed by atoms with E-state index in [0.717, 1.165) is 98.9 Å². The highest BCUT2D eigenvalue weighted by atomic mass is 32.1. The summed E-state index contributed by atoms with van der Waals surface area (Å²) in [6.45, 7) is 14.7. The minimum absolute atomic E-state index is 0.171. The van der Waals surface area contributed by atoms with Crippen molar-refractivity contribution in [3.8, 4) is 50.0 Å². The Bertz CT molecular complexity index is 2870. The quantitative estimate of drug-likeness (QED) is 0.170. The van der Waals surface area contributed by atoms with E-state index in [1.54, 1.807) is 21.1 Å². The number of carbonyl (C=O) groups is 2. The van der Waals surface area contributed by atoms with Crippen LogP contribution < -0.4 is 4.74 Å². The molecule has 13 heteroatoms. The van der Waals surface area contributed by atoms with Gasteiger partial charge in [0.25, 0.3) is 0 Å². The Labute approximate surface area is 371 Å². The highest BCUT2D eigenvalue weighted by molar-refractivity contribution is 7.15. The third-order valence-electron chi connectivity index (χ3n) is 12.0. The summed E-state index contributed by atoms with van der Waals surface area (Å²) >= 11 is 1.78. The van der Waals surface area contributed by atoms with Gasteiger partial charge in [-0.15, -0.1) is 11.3 Å². The molecule has 0 saturated carbocycles. The van der Waals surface area contributed by atoms with Gasteiger partial charge in [-0.25, -0.2) is 19.6 Å². The number of ether oxygens (including phenoxy) is 3. The number of nitrogens with zero attached hydrogens (tertiary/aromatic N) is 5. The summed E-state index contributed by atoms with van der Waals surface area (Å²) in [6, 6.07) is 27.7. The van der Waals surface area contributed by atoms with Crippen LogP contribution in [-0.2, 0) is 9.47 Å². The van der Waals surface area contributed by atoms with E-state index in [4.69, 9.17) is 24.2 Å². The first kappa shape index (κ1) is 40.7. The first-order chi connectivity index (χ1) is 30.2. The predicted octanol–water partition coefficient (Wildman–Crippen LogP) is 12.2. The number of aromatic amines is 2. The number of carbonyl (C=O) groups excluding carboxylic acids is 2. The van der Waals surface area contributed by atoms with Crippen molar-refractivity contribution in [1.29, 1.82) is 0 Å². The number of aryl methyl sites for hydroxylation is 1. The van der Waals surface area contributed by atoms with Gasteiger partial charge in [-0.2, -0.15) is 0 Å². The smallest absolute Gasteiger partial charge is 0.410 e. The van der Waals surface area contributed by atoms with Crippen molar-refractivity contribution in [2.24, 2.45) is 0 Å². The second-order valence-corrected chi connectivity index (χ2v) is 20.2. The highest BCUT2D eigenvalue weighted by Gasteiger charge is 2.37. The maximum Gasteiger partial charge on any atom is 0.410 e. The zero-order valence-corrected chi connectivity index (χ0v) is 37.6. The van der Waals surface area contributed by atoms with E-state index >= 15 is 0 Å². The predicted molar refractivity (Wildman–Crippen MR) is 246 cm³/mol. The van der Waals surface area contributed by atoms with Crippen LogP contribution >= 0.6 is 11.3 Å². The standard InChI is InChI=1S/C50H53N7O5S/c1-29-15-20-43(63-29)32-11-8-12-33(24-32)46-57-38-19-17-30(36-27-51-44(53-36)39-13-9-21-55(39)47(58)61-49(2,3)4)23-34(38)25-41(57)35-18-16-31(26-42(35)60-46)37-28-52-45(54-37)40-14-10-22-56(40)48(59)62-50(5,6)7/h8,11-12,15-20,23-28,39-40,46H,9-10,13-14,21-22H2,1-7H3,(H,51,53)(H,52,54)/t39-,40?,46?/m0/s1. The Balaban J connectivity index is 1.00. The Morgan fingerprint density at radius 1 is 0.730 bits per heavy atom. The number of aromatic nitrogens is 5. The van der Waals surface area contributed by atoms with Crippen LogP contribution in [-0.4, -0.2) is 70.8 Å². The van der Waals surface area contributed by atoms with Gasteiger partial charge in [0.15, 0.2) is 0 Å². The van der Waals surface area contributed by atoms with Gasteiger partial charge >= 0.3 is 12.2 Å². The molecule has 63 heavy (non-hydrogen) atoms. The minimum Gasteiger partial charge on any atom is -0.465 e. The molecule has 2 fully saturated rings. The normalized spacial score (nSPS) is 18.7. The summed E-state index contributed by atoms with van der Waals surface area (Å²) in [5.41, 5.74) is 7.77. The second-order valence-electron chi connectivity index (χ2n) is 18.9. The fraction of sp³-hybridized carbons (Fsp3) is 0.360. The van der Waals surface area contributed by atoms with Crippen molar-refractivity contribution < 1.29 is 23.8 Å². The number of hydrogen-bond donors (Lipinski definition) is 2. The number of amides is 2. The topological polar surface area (TPSA) is 131 Å². The molecule has 0 bridgehead atoms. The molecular formula is C50H53N7O5S. The second kappa shape index (κ2) is 15.5. The van der Waals surface area contributed by atoms with Crippen molar-refractivity contribution >= 4 is 34.4 Å². The lowest BCUT2D eigenvalue weighted by Gasteiger charge is -2.31. The fourth-order valence-electron chi connectivity index (χ4n) is 9.17. The largest absolute Gasteiger partial charge is 0.465 e. The molecule has 7 heterocycles. The first-order valence-electron chi connectivity index (χ1n) is 21.9. The monoisotopic (exact) mass is 863 g/mol. The van der Waals surface area contributed by atoms with Crippen molar-refractivity contribution in [2.75, 3.05) is 13.1 Å².